The summed E-state index contributed by atoms with van der Waals surface area (Å²) >= 11 is 6.01. The highest BCUT2D eigenvalue weighted by atomic mass is 35.5. The van der Waals surface area contributed by atoms with Gasteiger partial charge in [0.15, 0.2) is 5.75 Å². The Bertz CT molecular complexity index is 853. The number of ether oxygens (including phenoxy) is 2. The lowest BCUT2D eigenvalue weighted by Gasteiger charge is -2.09. The van der Waals surface area contributed by atoms with Crippen molar-refractivity contribution < 1.29 is 24.0 Å². The summed E-state index contributed by atoms with van der Waals surface area (Å²) in [4.78, 5) is 34.3. The van der Waals surface area contributed by atoms with Crippen molar-refractivity contribution in [2.45, 2.75) is 0 Å². The Morgan fingerprint density at radius 2 is 1.80 bits per heavy atom. The second-order valence-corrected chi connectivity index (χ2v) is 5.19. The average molecular weight is 365 g/mol. The third-order valence-corrected chi connectivity index (χ3v) is 3.60. The maximum Gasteiger partial charge on any atom is 0.337 e. The first-order valence-corrected chi connectivity index (χ1v) is 7.26. The minimum absolute atomic E-state index is 0.0343. The van der Waals surface area contributed by atoms with Crippen molar-refractivity contribution in [3.05, 3.63) is 62.7 Å². The smallest absolute Gasteiger partial charge is 0.337 e. The number of amides is 1. The molecule has 0 aliphatic rings. The van der Waals surface area contributed by atoms with Crippen LogP contribution in [0.1, 0.15) is 20.7 Å². The van der Waals surface area contributed by atoms with Crippen LogP contribution in [0.25, 0.3) is 0 Å². The van der Waals surface area contributed by atoms with E-state index in [4.69, 9.17) is 16.3 Å². The molecule has 130 valence electrons. The number of rotatable bonds is 5. The van der Waals surface area contributed by atoms with E-state index in [0.29, 0.717) is 0 Å². The molecule has 0 aromatic heterocycles. The fraction of sp³-hybridized carbons (Fsp3) is 0.125. The van der Waals surface area contributed by atoms with E-state index in [1.54, 1.807) is 0 Å². The summed E-state index contributed by atoms with van der Waals surface area (Å²) in [7, 11) is 2.52. The lowest BCUT2D eigenvalue weighted by Crippen LogP contribution is -2.13. The van der Waals surface area contributed by atoms with Crippen LogP contribution >= 0.6 is 11.6 Å². The number of halogens is 1. The fourth-order valence-electron chi connectivity index (χ4n) is 2.03. The maximum atomic E-state index is 12.3. The zero-order chi connectivity index (χ0) is 18.6. The summed E-state index contributed by atoms with van der Waals surface area (Å²) in [5, 5.41) is 13.7. The van der Waals surface area contributed by atoms with Crippen molar-refractivity contribution in [3.63, 3.8) is 0 Å². The molecule has 0 aliphatic heterocycles. The number of hydrogen-bond donors (Lipinski definition) is 1. The zero-order valence-electron chi connectivity index (χ0n) is 13.2. The highest BCUT2D eigenvalue weighted by molar-refractivity contribution is 6.34. The van der Waals surface area contributed by atoms with Crippen molar-refractivity contribution in [2.75, 3.05) is 19.5 Å². The van der Waals surface area contributed by atoms with Crippen LogP contribution in [-0.2, 0) is 4.74 Å². The van der Waals surface area contributed by atoms with Gasteiger partial charge in [0.05, 0.1) is 35.4 Å². The number of hydrogen-bond acceptors (Lipinski definition) is 6. The molecule has 0 saturated carbocycles. The summed E-state index contributed by atoms with van der Waals surface area (Å²) in [6.45, 7) is 0. The van der Waals surface area contributed by atoms with E-state index in [1.807, 2.05) is 0 Å². The molecule has 0 saturated heterocycles. The first-order valence-electron chi connectivity index (χ1n) is 6.89. The number of benzene rings is 2. The van der Waals surface area contributed by atoms with E-state index >= 15 is 0 Å². The Labute approximate surface area is 147 Å². The van der Waals surface area contributed by atoms with Gasteiger partial charge < -0.3 is 14.8 Å². The molecule has 0 bridgehead atoms. The molecule has 0 fully saturated rings. The van der Waals surface area contributed by atoms with Crippen molar-refractivity contribution >= 4 is 34.9 Å². The third-order valence-electron chi connectivity index (χ3n) is 3.27. The summed E-state index contributed by atoms with van der Waals surface area (Å²) in [5.41, 5.74) is 0.0625. The van der Waals surface area contributed by atoms with Gasteiger partial charge in [-0.2, -0.15) is 0 Å². The van der Waals surface area contributed by atoms with Crippen LogP contribution in [0.5, 0.6) is 5.75 Å². The summed E-state index contributed by atoms with van der Waals surface area (Å²) < 4.78 is 9.49. The molecular weight excluding hydrogens is 352 g/mol. The van der Waals surface area contributed by atoms with Crippen LogP contribution in [0.3, 0.4) is 0 Å². The van der Waals surface area contributed by atoms with Crippen LogP contribution in [0, 0.1) is 10.1 Å². The highest BCUT2D eigenvalue weighted by Crippen LogP contribution is 2.29. The summed E-state index contributed by atoms with van der Waals surface area (Å²) in [5.74, 6) is -1.19. The van der Waals surface area contributed by atoms with Gasteiger partial charge in [-0.3, -0.25) is 14.9 Å². The lowest BCUT2D eigenvalue weighted by molar-refractivity contribution is -0.385. The topological polar surface area (TPSA) is 108 Å². The first kappa shape index (κ1) is 18.2. The zero-order valence-corrected chi connectivity index (χ0v) is 14.0. The molecule has 0 unspecified atom stereocenters. The number of carbonyl (C=O) groups is 2. The number of nitro benzene ring substituents is 1. The Hall–Kier alpha value is -3.13. The Kier molecular flexibility index (Phi) is 5.56. The molecule has 2 rings (SSSR count). The van der Waals surface area contributed by atoms with Gasteiger partial charge in [0.25, 0.3) is 5.91 Å². The molecule has 0 aliphatic carbocycles. The van der Waals surface area contributed by atoms with Crippen LogP contribution in [-0.4, -0.2) is 31.0 Å². The lowest BCUT2D eigenvalue weighted by atomic mass is 10.1. The number of nitro groups is 1. The molecule has 1 amide bonds. The molecular formula is C16H13ClN2O6. The van der Waals surface area contributed by atoms with Gasteiger partial charge >= 0.3 is 11.7 Å². The van der Waals surface area contributed by atoms with Crippen molar-refractivity contribution in [1.29, 1.82) is 0 Å². The first-order chi connectivity index (χ1) is 11.9. The Morgan fingerprint density at radius 1 is 1.12 bits per heavy atom. The van der Waals surface area contributed by atoms with E-state index in [9.17, 15) is 19.7 Å². The molecule has 0 heterocycles. The molecule has 9 heteroatoms. The molecule has 1 N–H and O–H groups in total. The molecule has 2 aromatic rings. The van der Waals surface area contributed by atoms with Gasteiger partial charge in [0, 0.05) is 11.6 Å². The number of esters is 1. The summed E-state index contributed by atoms with van der Waals surface area (Å²) in [6.07, 6.45) is 0. The minimum Gasteiger partial charge on any atom is -0.490 e. The van der Waals surface area contributed by atoms with E-state index < -0.39 is 16.8 Å². The van der Waals surface area contributed by atoms with Crippen molar-refractivity contribution in [3.8, 4) is 5.75 Å². The predicted octanol–water partition coefficient (Wildman–Crippen LogP) is 3.30. The Balaban J connectivity index is 2.32. The van der Waals surface area contributed by atoms with Crippen LogP contribution in [0.4, 0.5) is 11.4 Å². The molecule has 8 nitrogen and oxygen atoms in total. The van der Waals surface area contributed by atoms with Crippen LogP contribution in [0.2, 0.25) is 5.02 Å². The number of methoxy groups -OCH3 is 2. The van der Waals surface area contributed by atoms with Gasteiger partial charge in [0.2, 0.25) is 0 Å². The van der Waals surface area contributed by atoms with Crippen molar-refractivity contribution in [2.24, 2.45) is 0 Å². The third kappa shape index (κ3) is 4.04. The second-order valence-electron chi connectivity index (χ2n) is 4.78. The van der Waals surface area contributed by atoms with Gasteiger partial charge in [-0.05, 0) is 30.3 Å². The number of nitrogens with zero attached hydrogens (tertiary/aromatic N) is 1. The van der Waals surface area contributed by atoms with Gasteiger partial charge in [-0.15, -0.1) is 0 Å². The standard InChI is InChI=1S/C16H13ClN2O6/c1-24-14-6-4-9(8-13(14)19(22)23)15(20)18-12-7-10(16(21)25-2)3-5-11(12)17/h3-8H,1-2H3,(H,18,20). The van der Waals surface area contributed by atoms with E-state index in [-0.39, 0.29) is 33.3 Å². The number of anilines is 1. The van der Waals surface area contributed by atoms with Gasteiger partial charge in [0.1, 0.15) is 0 Å². The van der Waals surface area contributed by atoms with Gasteiger partial charge in [-0.1, -0.05) is 11.6 Å². The minimum atomic E-state index is -0.652. The molecule has 2 aromatic carbocycles. The van der Waals surface area contributed by atoms with E-state index in [1.165, 1.54) is 44.6 Å². The quantitative estimate of drug-likeness (QED) is 0.495. The van der Waals surface area contributed by atoms with Gasteiger partial charge in [-0.25, -0.2) is 4.79 Å². The predicted molar refractivity (Wildman–Crippen MR) is 90.4 cm³/mol. The monoisotopic (exact) mass is 364 g/mol. The normalized spacial score (nSPS) is 10.0. The molecule has 0 atom stereocenters. The average Bonchev–Trinajstić information content (AvgIpc) is 2.62. The second kappa shape index (κ2) is 7.63. The van der Waals surface area contributed by atoms with Crippen LogP contribution in [0.15, 0.2) is 36.4 Å². The molecule has 25 heavy (non-hydrogen) atoms. The SMILES string of the molecule is COC(=O)c1ccc(Cl)c(NC(=O)c2ccc(OC)c([N+](=O)[O-])c2)c1. The highest BCUT2D eigenvalue weighted by Gasteiger charge is 2.19. The largest absolute Gasteiger partial charge is 0.490 e. The summed E-state index contributed by atoms with van der Waals surface area (Å²) in [6, 6.07) is 8.01. The van der Waals surface area contributed by atoms with Crippen LogP contribution < -0.4 is 10.1 Å². The number of nitrogens with one attached hydrogen (secondary N) is 1. The fourth-order valence-corrected chi connectivity index (χ4v) is 2.20. The van der Waals surface area contributed by atoms with Crippen molar-refractivity contribution in [1.82, 2.24) is 0 Å². The maximum absolute atomic E-state index is 12.3. The number of carbonyl (C=O) groups excluding carboxylic acids is 2. The van der Waals surface area contributed by atoms with E-state index in [2.05, 4.69) is 10.1 Å². The van der Waals surface area contributed by atoms with E-state index in [0.717, 1.165) is 6.07 Å². The molecule has 0 spiro atoms. The Morgan fingerprint density at radius 3 is 2.40 bits per heavy atom. The molecule has 0 radical (unpaired) electrons.